The highest BCUT2D eigenvalue weighted by Crippen LogP contribution is 2.23. The van der Waals surface area contributed by atoms with Crippen molar-refractivity contribution in [3.8, 4) is 0 Å². The molecule has 2 heterocycles. The molecular formula is C24H32N4Si. The number of benzene rings is 2. The molecule has 2 aliphatic heterocycles. The Morgan fingerprint density at radius 2 is 1.03 bits per heavy atom. The second kappa shape index (κ2) is 7.30. The number of hydrogen-bond donors (Lipinski definition) is 0. The lowest BCUT2D eigenvalue weighted by Gasteiger charge is -2.29. The Morgan fingerprint density at radius 1 is 0.621 bits per heavy atom. The van der Waals surface area contributed by atoms with Gasteiger partial charge in [0, 0.05) is 50.3 Å². The van der Waals surface area contributed by atoms with E-state index in [1.807, 2.05) is 0 Å². The molecule has 0 bridgehead atoms. The molecule has 2 aromatic carbocycles. The van der Waals surface area contributed by atoms with Crippen molar-refractivity contribution in [2.24, 2.45) is 0 Å². The van der Waals surface area contributed by atoms with E-state index >= 15 is 0 Å². The maximum Gasteiger partial charge on any atom is 0.112 e. The van der Waals surface area contributed by atoms with Gasteiger partial charge in [0.05, 0.1) is 13.3 Å². The first-order valence-electron chi connectivity index (χ1n) is 10.3. The molecule has 0 aromatic heterocycles. The van der Waals surface area contributed by atoms with Gasteiger partial charge in [0.25, 0.3) is 0 Å². The fourth-order valence-electron chi connectivity index (χ4n) is 4.14. The minimum Gasteiger partial charge on any atom is -0.361 e. The second-order valence-electron chi connectivity index (χ2n) is 9.07. The summed E-state index contributed by atoms with van der Waals surface area (Å²) in [7, 11) is 2.39. The van der Waals surface area contributed by atoms with Crippen molar-refractivity contribution in [1.82, 2.24) is 9.80 Å². The Kier molecular flexibility index (Phi) is 4.95. The predicted molar refractivity (Wildman–Crippen MR) is 128 cm³/mol. The number of nitrogens with zero attached hydrogens (tertiary/aromatic N) is 4. The average molecular weight is 405 g/mol. The summed E-state index contributed by atoms with van der Waals surface area (Å²) in [5.41, 5.74) is 5.24. The first-order chi connectivity index (χ1) is 13.7. The van der Waals surface area contributed by atoms with Crippen LogP contribution in [-0.2, 0) is 0 Å². The molecule has 0 N–H and O–H groups in total. The van der Waals surface area contributed by atoms with Crippen molar-refractivity contribution in [2.75, 3.05) is 37.2 Å². The highest BCUT2D eigenvalue weighted by molar-refractivity contribution is 7.00. The largest absolute Gasteiger partial charge is 0.361 e. The molecule has 0 atom stereocenters. The third-order valence-corrected chi connectivity index (χ3v) is 9.45. The van der Waals surface area contributed by atoms with Gasteiger partial charge in [0.2, 0.25) is 0 Å². The van der Waals surface area contributed by atoms with Gasteiger partial charge in [-0.15, -0.1) is 0 Å². The quantitative estimate of drug-likeness (QED) is 0.723. The van der Waals surface area contributed by atoms with Crippen molar-refractivity contribution in [3.63, 3.8) is 0 Å². The molecule has 2 aliphatic rings. The number of anilines is 2. The number of rotatable bonds is 4. The molecule has 0 aliphatic carbocycles. The Bertz CT molecular complexity index is 901. The van der Waals surface area contributed by atoms with Gasteiger partial charge in [-0.1, -0.05) is 35.6 Å². The van der Waals surface area contributed by atoms with E-state index < -0.39 is 8.07 Å². The lowest BCUT2D eigenvalue weighted by molar-refractivity contribution is 0.496. The van der Waals surface area contributed by atoms with Crippen molar-refractivity contribution in [1.29, 1.82) is 0 Å². The SMILES string of the molecule is Cc1cc(N2C=CN(C)C2)cc([Si](C)(C)c2cc(C)cc(N3C=CN(C)C3)c2)c1. The molecule has 0 spiro atoms. The van der Waals surface area contributed by atoms with Crippen LogP contribution in [0.4, 0.5) is 11.4 Å². The number of aryl methyl sites for hydroxylation is 2. The van der Waals surface area contributed by atoms with Crippen LogP contribution in [0.5, 0.6) is 0 Å². The molecule has 152 valence electrons. The molecule has 0 radical (unpaired) electrons. The van der Waals surface area contributed by atoms with Gasteiger partial charge in [0.15, 0.2) is 0 Å². The highest BCUT2D eigenvalue weighted by Gasteiger charge is 2.28. The normalized spacial score (nSPS) is 16.5. The fraction of sp³-hybridized carbons (Fsp3) is 0.333. The summed E-state index contributed by atoms with van der Waals surface area (Å²) in [5.74, 6) is 0. The van der Waals surface area contributed by atoms with Crippen LogP contribution in [0.3, 0.4) is 0 Å². The van der Waals surface area contributed by atoms with E-state index in [2.05, 4.69) is 122 Å². The standard InChI is InChI=1S/C24H32N4Si/c1-19-11-21(27-9-7-25(3)17-27)15-23(13-19)29(5,6)24-14-20(2)12-22(16-24)28-10-8-26(4)18-28/h7-16H,17-18H2,1-6H3. The Morgan fingerprint density at radius 3 is 1.38 bits per heavy atom. The lowest BCUT2D eigenvalue weighted by Crippen LogP contribution is -2.53. The van der Waals surface area contributed by atoms with E-state index in [1.165, 1.54) is 32.9 Å². The van der Waals surface area contributed by atoms with Gasteiger partial charge >= 0.3 is 0 Å². The van der Waals surface area contributed by atoms with E-state index in [0.717, 1.165) is 13.3 Å². The first-order valence-corrected chi connectivity index (χ1v) is 13.3. The van der Waals surface area contributed by atoms with E-state index in [4.69, 9.17) is 0 Å². The van der Waals surface area contributed by atoms with Crippen LogP contribution in [0.1, 0.15) is 11.1 Å². The Labute approximate surface area is 176 Å². The van der Waals surface area contributed by atoms with Crippen LogP contribution in [0.15, 0.2) is 61.2 Å². The van der Waals surface area contributed by atoms with Crippen molar-refractivity contribution >= 4 is 29.8 Å². The maximum atomic E-state index is 2.47. The van der Waals surface area contributed by atoms with Crippen LogP contribution in [0.25, 0.3) is 0 Å². The smallest absolute Gasteiger partial charge is 0.112 e. The molecule has 4 rings (SSSR count). The third kappa shape index (κ3) is 3.92. The van der Waals surface area contributed by atoms with Crippen molar-refractivity contribution in [2.45, 2.75) is 26.9 Å². The molecule has 2 aromatic rings. The predicted octanol–water partition coefficient (Wildman–Crippen LogP) is 3.49. The summed E-state index contributed by atoms with van der Waals surface area (Å²) < 4.78 is 0. The molecule has 0 unspecified atom stereocenters. The first kappa shape index (κ1) is 19.6. The zero-order valence-electron chi connectivity index (χ0n) is 18.5. The fourth-order valence-corrected chi connectivity index (χ4v) is 6.67. The Balaban J connectivity index is 1.72. The van der Waals surface area contributed by atoms with Crippen molar-refractivity contribution < 1.29 is 0 Å². The summed E-state index contributed by atoms with van der Waals surface area (Å²) in [6.07, 6.45) is 8.62. The summed E-state index contributed by atoms with van der Waals surface area (Å²) in [5, 5.41) is 2.97. The second-order valence-corrected chi connectivity index (χ2v) is 13.5. The van der Waals surface area contributed by atoms with Gasteiger partial charge in [-0.25, -0.2) is 0 Å². The van der Waals surface area contributed by atoms with E-state index in [1.54, 1.807) is 0 Å². The molecule has 29 heavy (non-hydrogen) atoms. The minimum absolute atomic E-state index is 0.911. The zero-order chi connectivity index (χ0) is 20.8. The molecular weight excluding hydrogens is 372 g/mol. The van der Waals surface area contributed by atoms with Gasteiger partial charge in [-0.05, 0) is 49.2 Å². The third-order valence-electron chi connectivity index (χ3n) is 5.98. The van der Waals surface area contributed by atoms with E-state index in [9.17, 15) is 0 Å². The topological polar surface area (TPSA) is 13.0 Å². The van der Waals surface area contributed by atoms with Crippen LogP contribution in [0.2, 0.25) is 13.1 Å². The molecule has 0 saturated carbocycles. The van der Waals surface area contributed by atoms with Gasteiger partial charge < -0.3 is 19.6 Å². The summed E-state index contributed by atoms with van der Waals surface area (Å²) >= 11 is 0. The average Bonchev–Trinajstić information content (AvgIpc) is 3.29. The molecule has 0 saturated heterocycles. The van der Waals surface area contributed by atoms with E-state index in [0.29, 0.717) is 0 Å². The van der Waals surface area contributed by atoms with Crippen LogP contribution >= 0.6 is 0 Å². The molecule has 5 heteroatoms. The summed E-state index contributed by atoms with van der Waals surface area (Å²) in [6, 6.07) is 14.2. The highest BCUT2D eigenvalue weighted by atomic mass is 28.3. The van der Waals surface area contributed by atoms with Crippen LogP contribution in [0, 0.1) is 13.8 Å². The van der Waals surface area contributed by atoms with Gasteiger partial charge in [0.1, 0.15) is 8.07 Å². The Hall–Kier alpha value is -2.66. The van der Waals surface area contributed by atoms with Gasteiger partial charge in [-0.2, -0.15) is 0 Å². The number of hydrogen-bond acceptors (Lipinski definition) is 4. The molecule has 0 amide bonds. The minimum atomic E-state index is -1.85. The monoisotopic (exact) mass is 404 g/mol. The molecule has 4 nitrogen and oxygen atoms in total. The van der Waals surface area contributed by atoms with Gasteiger partial charge in [-0.3, -0.25) is 0 Å². The summed E-state index contributed by atoms with van der Waals surface area (Å²) in [4.78, 5) is 9.07. The zero-order valence-corrected chi connectivity index (χ0v) is 19.5. The van der Waals surface area contributed by atoms with E-state index in [-0.39, 0.29) is 0 Å². The maximum absolute atomic E-state index is 2.47. The molecule has 0 fully saturated rings. The van der Waals surface area contributed by atoms with Crippen molar-refractivity contribution in [3.05, 3.63) is 72.3 Å². The van der Waals surface area contributed by atoms with Crippen LogP contribution in [-0.4, -0.2) is 45.3 Å². The van der Waals surface area contributed by atoms with Crippen LogP contribution < -0.4 is 20.2 Å². The summed E-state index contributed by atoms with van der Waals surface area (Å²) in [6.45, 7) is 11.2. The lowest BCUT2D eigenvalue weighted by atomic mass is 10.2.